The molecule has 0 radical (unpaired) electrons. The summed E-state index contributed by atoms with van der Waals surface area (Å²) >= 11 is 0. The smallest absolute Gasteiger partial charge is 0.326 e. The van der Waals surface area contributed by atoms with Crippen molar-refractivity contribution in [3.8, 4) is 0 Å². The highest BCUT2D eigenvalue weighted by atomic mass is 32.2. The molecule has 28 heavy (non-hydrogen) atoms. The first-order valence-corrected chi connectivity index (χ1v) is 10.5. The summed E-state index contributed by atoms with van der Waals surface area (Å²) in [6, 6.07) is 5.48. The number of sulfonamides is 1. The molecule has 3 heterocycles. The predicted octanol–water partition coefficient (Wildman–Crippen LogP) is 1.82. The topological polar surface area (TPSA) is 129 Å². The highest BCUT2D eigenvalue weighted by Crippen LogP contribution is 2.34. The van der Waals surface area contributed by atoms with Crippen molar-refractivity contribution < 1.29 is 12.9 Å². The number of nitrogens with zero attached hydrogens (tertiary/aromatic N) is 2. The Morgan fingerprint density at radius 2 is 1.96 bits per heavy atom. The predicted molar refractivity (Wildman–Crippen MR) is 102 cm³/mol. The number of aromatic amines is 2. The maximum atomic E-state index is 13.4. The zero-order valence-corrected chi connectivity index (χ0v) is 16.1. The maximum Gasteiger partial charge on any atom is 0.326 e. The van der Waals surface area contributed by atoms with Gasteiger partial charge in [-0.3, -0.25) is 9.78 Å². The van der Waals surface area contributed by atoms with Crippen molar-refractivity contribution in [2.24, 2.45) is 0 Å². The van der Waals surface area contributed by atoms with Crippen molar-refractivity contribution in [3.05, 3.63) is 56.6 Å². The molecule has 9 nitrogen and oxygen atoms in total. The van der Waals surface area contributed by atoms with Crippen molar-refractivity contribution in [1.82, 2.24) is 19.4 Å². The molecule has 1 aromatic carbocycles. The lowest BCUT2D eigenvalue weighted by Gasteiger charge is -2.27. The highest BCUT2D eigenvalue weighted by Gasteiger charge is 2.35. The minimum atomic E-state index is -3.88. The summed E-state index contributed by atoms with van der Waals surface area (Å²) in [5.74, 6) is 0.623. The molecular weight excluding hydrogens is 384 g/mol. The molecule has 1 atom stereocenters. The lowest BCUT2D eigenvalue weighted by Crippen LogP contribution is -2.35. The first kappa shape index (κ1) is 18.6. The molecule has 0 aliphatic carbocycles. The Bertz CT molecular complexity index is 1240. The van der Waals surface area contributed by atoms with Crippen molar-refractivity contribution >= 4 is 20.9 Å². The van der Waals surface area contributed by atoms with Crippen molar-refractivity contribution in [1.29, 1.82) is 0 Å². The van der Waals surface area contributed by atoms with E-state index in [1.165, 1.54) is 22.5 Å². The monoisotopic (exact) mass is 404 g/mol. The summed E-state index contributed by atoms with van der Waals surface area (Å²) in [5, 5.41) is 4.15. The minimum absolute atomic E-state index is 0.00432. The van der Waals surface area contributed by atoms with Gasteiger partial charge in [0.1, 0.15) is 11.5 Å². The van der Waals surface area contributed by atoms with Gasteiger partial charge in [-0.15, -0.1) is 0 Å². The molecule has 0 saturated carbocycles. The summed E-state index contributed by atoms with van der Waals surface area (Å²) in [4.78, 5) is 28.1. The van der Waals surface area contributed by atoms with Crippen LogP contribution in [0.5, 0.6) is 0 Å². The first-order chi connectivity index (χ1) is 13.4. The molecule has 1 aliphatic rings. The second-order valence-electron chi connectivity index (χ2n) is 6.96. The second-order valence-corrected chi connectivity index (χ2v) is 8.85. The molecule has 0 unspecified atom stereocenters. The number of fused-ring (bicyclic) bond motifs is 1. The standard InChI is InChI=1S/C18H20N4O5S/c1-11-9-15(21-27-11)16-5-3-2-4-8-22(16)28(25,26)12-6-7-14-13(10-12)17(23)20-18(24)19-14/h6-7,9-10,16H,2-5,8H2,1H3,(H2,19,20,23,24)/t16-/m1/s1. The Kier molecular flexibility index (Phi) is 4.68. The van der Waals surface area contributed by atoms with Gasteiger partial charge in [0.15, 0.2) is 0 Å². The Hall–Kier alpha value is -2.72. The molecule has 1 aliphatic heterocycles. The van der Waals surface area contributed by atoms with Gasteiger partial charge < -0.3 is 9.51 Å². The molecule has 2 N–H and O–H groups in total. The van der Waals surface area contributed by atoms with Gasteiger partial charge in [0, 0.05) is 12.6 Å². The Morgan fingerprint density at radius 1 is 1.14 bits per heavy atom. The number of nitrogens with one attached hydrogen (secondary N) is 2. The molecule has 1 fully saturated rings. The van der Waals surface area contributed by atoms with E-state index in [1.54, 1.807) is 13.0 Å². The van der Waals surface area contributed by atoms with E-state index in [9.17, 15) is 18.0 Å². The lowest BCUT2D eigenvalue weighted by molar-refractivity contribution is 0.304. The van der Waals surface area contributed by atoms with Crippen molar-refractivity contribution in [3.63, 3.8) is 0 Å². The van der Waals surface area contributed by atoms with Crippen LogP contribution in [0.2, 0.25) is 0 Å². The average molecular weight is 404 g/mol. The van der Waals surface area contributed by atoms with Gasteiger partial charge in [0.05, 0.1) is 21.8 Å². The number of hydrogen-bond donors (Lipinski definition) is 2. The Labute approximate surface area is 160 Å². The molecule has 0 amide bonds. The van der Waals surface area contributed by atoms with Crippen LogP contribution >= 0.6 is 0 Å². The van der Waals surface area contributed by atoms with Crippen LogP contribution in [0.4, 0.5) is 0 Å². The molecule has 2 aromatic heterocycles. The van der Waals surface area contributed by atoms with E-state index in [1.807, 2.05) is 0 Å². The quantitative estimate of drug-likeness (QED) is 0.685. The first-order valence-electron chi connectivity index (χ1n) is 9.08. The number of aryl methyl sites for hydroxylation is 1. The summed E-state index contributed by atoms with van der Waals surface area (Å²) in [5.41, 5.74) is -0.393. The second kappa shape index (κ2) is 7.02. The van der Waals surface area contributed by atoms with E-state index in [-0.39, 0.29) is 15.8 Å². The number of aromatic nitrogens is 3. The van der Waals surface area contributed by atoms with Crippen LogP contribution in [-0.2, 0) is 10.0 Å². The van der Waals surface area contributed by atoms with Gasteiger partial charge in [-0.25, -0.2) is 13.2 Å². The zero-order valence-electron chi connectivity index (χ0n) is 15.3. The van der Waals surface area contributed by atoms with Gasteiger partial charge in [-0.2, -0.15) is 4.31 Å². The summed E-state index contributed by atoms with van der Waals surface area (Å²) < 4.78 is 33.5. The fourth-order valence-corrected chi connectivity index (χ4v) is 5.34. The number of rotatable bonds is 3. The maximum absolute atomic E-state index is 13.4. The van der Waals surface area contributed by atoms with E-state index in [0.29, 0.717) is 24.4 Å². The van der Waals surface area contributed by atoms with Crippen LogP contribution in [0.3, 0.4) is 0 Å². The van der Waals surface area contributed by atoms with E-state index >= 15 is 0 Å². The average Bonchev–Trinajstić information content (AvgIpc) is 2.92. The molecule has 1 saturated heterocycles. The van der Waals surface area contributed by atoms with E-state index in [2.05, 4.69) is 15.1 Å². The molecule has 0 bridgehead atoms. The molecule has 10 heteroatoms. The van der Waals surface area contributed by atoms with Crippen molar-refractivity contribution in [2.45, 2.75) is 43.5 Å². The van der Waals surface area contributed by atoms with Gasteiger partial charge in [0.25, 0.3) is 5.56 Å². The van der Waals surface area contributed by atoms with Crippen LogP contribution in [-0.4, -0.2) is 34.4 Å². The van der Waals surface area contributed by atoms with E-state index in [4.69, 9.17) is 4.52 Å². The van der Waals surface area contributed by atoms with Gasteiger partial charge in [-0.1, -0.05) is 18.0 Å². The summed E-state index contributed by atoms with van der Waals surface area (Å²) in [6.45, 7) is 2.13. The van der Waals surface area contributed by atoms with Crippen LogP contribution in [0.1, 0.15) is 43.2 Å². The largest absolute Gasteiger partial charge is 0.361 e. The van der Waals surface area contributed by atoms with E-state index in [0.717, 1.165) is 19.3 Å². The third-order valence-corrected chi connectivity index (χ3v) is 6.91. The van der Waals surface area contributed by atoms with Gasteiger partial charge >= 0.3 is 5.69 Å². The summed E-state index contributed by atoms with van der Waals surface area (Å²) in [6.07, 6.45) is 3.21. The Morgan fingerprint density at radius 3 is 2.71 bits per heavy atom. The van der Waals surface area contributed by atoms with Crippen LogP contribution < -0.4 is 11.2 Å². The normalized spacial score (nSPS) is 19.0. The summed E-state index contributed by atoms with van der Waals surface area (Å²) in [7, 11) is -3.88. The third-order valence-electron chi connectivity index (χ3n) is 5.01. The minimum Gasteiger partial charge on any atom is -0.361 e. The van der Waals surface area contributed by atoms with Crippen LogP contribution in [0.15, 0.2) is 43.3 Å². The van der Waals surface area contributed by atoms with Gasteiger partial charge in [-0.05, 0) is 38.0 Å². The van der Waals surface area contributed by atoms with E-state index < -0.39 is 27.3 Å². The molecule has 3 aromatic rings. The fourth-order valence-electron chi connectivity index (χ4n) is 3.65. The molecule has 148 valence electrons. The fraction of sp³-hybridized carbons (Fsp3) is 0.389. The number of hydrogen-bond acceptors (Lipinski definition) is 6. The third kappa shape index (κ3) is 3.29. The van der Waals surface area contributed by atoms with Gasteiger partial charge in [0.2, 0.25) is 10.0 Å². The molecular formula is C18H20N4O5S. The Balaban J connectivity index is 1.82. The van der Waals surface area contributed by atoms with Crippen molar-refractivity contribution in [2.75, 3.05) is 6.54 Å². The van der Waals surface area contributed by atoms with Crippen LogP contribution in [0.25, 0.3) is 10.9 Å². The van der Waals surface area contributed by atoms with Crippen LogP contribution in [0, 0.1) is 6.92 Å². The number of benzene rings is 1. The molecule has 4 rings (SSSR count). The zero-order chi connectivity index (χ0) is 19.9. The SMILES string of the molecule is Cc1cc([C@H]2CCCCCN2S(=O)(=O)c2ccc3[nH]c(=O)[nH]c(=O)c3c2)no1. The number of H-pyrrole nitrogens is 2. The highest BCUT2D eigenvalue weighted by molar-refractivity contribution is 7.89. The molecule has 0 spiro atoms. The lowest BCUT2D eigenvalue weighted by atomic mass is 10.1.